The molecule has 0 heterocycles. The Kier molecular flexibility index (Phi) is 4.38. The highest BCUT2D eigenvalue weighted by molar-refractivity contribution is 9.10. The molecule has 0 aliphatic carbocycles. The van der Waals surface area contributed by atoms with E-state index in [2.05, 4.69) is 20.7 Å². The molecule has 0 radical (unpaired) electrons. The van der Waals surface area contributed by atoms with Gasteiger partial charge >= 0.3 is 0 Å². The zero-order chi connectivity index (χ0) is 15.6. The van der Waals surface area contributed by atoms with Gasteiger partial charge in [0.2, 0.25) is 0 Å². The number of nitrogens with two attached hydrogens (primary N) is 1. The van der Waals surface area contributed by atoms with Gasteiger partial charge in [-0.1, -0.05) is 15.9 Å². The minimum atomic E-state index is -4.00. The molecule has 0 bridgehead atoms. The maximum Gasteiger partial charge on any atom is 0.265 e. The fourth-order valence-corrected chi connectivity index (χ4v) is 3.25. The first-order valence-corrected chi connectivity index (χ1v) is 8.02. The van der Waals surface area contributed by atoms with E-state index in [9.17, 15) is 12.8 Å². The minimum absolute atomic E-state index is 0.0814. The lowest BCUT2D eigenvalue weighted by Gasteiger charge is -2.12. The van der Waals surface area contributed by atoms with E-state index in [-0.39, 0.29) is 16.3 Å². The van der Waals surface area contributed by atoms with Crippen LogP contribution in [0.2, 0.25) is 0 Å². The van der Waals surface area contributed by atoms with E-state index in [4.69, 9.17) is 10.5 Å². The summed E-state index contributed by atoms with van der Waals surface area (Å²) in [6.07, 6.45) is 0. The summed E-state index contributed by atoms with van der Waals surface area (Å²) in [5, 5.41) is 0. The molecule has 112 valence electrons. The Bertz CT molecular complexity index is 781. The monoisotopic (exact) mass is 374 g/mol. The van der Waals surface area contributed by atoms with Crippen LogP contribution in [0.25, 0.3) is 0 Å². The SMILES string of the molecule is COc1cc(N)ccc1S(=O)(=O)Nc1cc(Br)ccc1F. The van der Waals surface area contributed by atoms with Crippen LogP contribution in [0.4, 0.5) is 15.8 Å². The second-order valence-electron chi connectivity index (χ2n) is 4.14. The summed E-state index contributed by atoms with van der Waals surface area (Å²) in [5.74, 6) is -0.603. The Balaban J connectivity index is 2.46. The topological polar surface area (TPSA) is 81.4 Å². The molecular formula is C13H12BrFN2O3S. The standard InChI is InChI=1S/C13H12BrFN2O3S/c1-20-12-7-9(16)3-5-13(12)21(18,19)17-11-6-8(14)2-4-10(11)15/h2-7,17H,16H2,1H3. The van der Waals surface area contributed by atoms with Crippen LogP contribution in [0, 0.1) is 5.82 Å². The predicted octanol–water partition coefficient (Wildman–Crippen LogP) is 2.98. The summed E-state index contributed by atoms with van der Waals surface area (Å²) in [5.41, 5.74) is 5.78. The molecule has 0 saturated heterocycles. The van der Waals surface area contributed by atoms with Gasteiger partial charge in [-0.25, -0.2) is 12.8 Å². The van der Waals surface area contributed by atoms with Crippen molar-refractivity contribution in [3.63, 3.8) is 0 Å². The van der Waals surface area contributed by atoms with Crippen molar-refractivity contribution in [3.8, 4) is 5.75 Å². The maximum absolute atomic E-state index is 13.7. The van der Waals surface area contributed by atoms with Crippen molar-refractivity contribution in [2.45, 2.75) is 4.90 Å². The van der Waals surface area contributed by atoms with Gasteiger partial charge in [0.25, 0.3) is 10.0 Å². The molecule has 0 fully saturated rings. The van der Waals surface area contributed by atoms with Gasteiger partial charge < -0.3 is 10.5 Å². The van der Waals surface area contributed by atoms with Gasteiger partial charge in [0.05, 0.1) is 12.8 Å². The number of ether oxygens (including phenoxy) is 1. The summed E-state index contributed by atoms with van der Waals surface area (Å²) in [7, 11) is -2.68. The van der Waals surface area contributed by atoms with Crippen molar-refractivity contribution in [1.82, 2.24) is 0 Å². The van der Waals surface area contributed by atoms with Crippen LogP contribution in [-0.4, -0.2) is 15.5 Å². The number of halogens is 2. The Morgan fingerprint density at radius 1 is 1.24 bits per heavy atom. The lowest BCUT2D eigenvalue weighted by atomic mass is 10.3. The van der Waals surface area contributed by atoms with Gasteiger partial charge in [0.1, 0.15) is 16.5 Å². The van der Waals surface area contributed by atoms with Crippen LogP contribution in [0.15, 0.2) is 45.8 Å². The molecule has 2 rings (SSSR count). The largest absolute Gasteiger partial charge is 0.495 e. The van der Waals surface area contributed by atoms with Crippen LogP contribution >= 0.6 is 15.9 Å². The molecule has 0 aliphatic rings. The summed E-state index contributed by atoms with van der Waals surface area (Å²) >= 11 is 3.16. The number of nitrogen functional groups attached to an aromatic ring is 1. The Labute approximate surface area is 130 Å². The number of hydrogen-bond acceptors (Lipinski definition) is 4. The van der Waals surface area contributed by atoms with Crippen LogP contribution in [0.5, 0.6) is 5.75 Å². The van der Waals surface area contributed by atoms with Crippen LogP contribution in [0.1, 0.15) is 0 Å². The smallest absolute Gasteiger partial charge is 0.265 e. The van der Waals surface area contributed by atoms with E-state index >= 15 is 0 Å². The van der Waals surface area contributed by atoms with Gasteiger partial charge in [-0.2, -0.15) is 0 Å². The fourth-order valence-electron chi connectivity index (χ4n) is 1.68. The molecule has 21 heavy (non-hydrogen) atoms. The van der Waals surface area contributed by atoms with E-state index in [1.54, 1.807) is 0 Å². The lowest BCUT2D eigenvalue weighted by molar-refractivity contribution is 0.403. The number of hydrogen-bond donors (Lipinski definition) is 2. The molecule has 0 amide bonds. The second-order valence-corrected chi connectivity index (χ2v) is 6.71. The van der Waals surface area contributed by atoms with Crippen molar-refractivity contribution in [3.05, 3.63) is 46.7 Å². The molecule has 0 aliphatic heterocycles. The number of benzene rings is 2. The quantitative estimate of drug-likeness (QED) is 0.806. The zero-order valence-corrected chi connectivity index (χ0v) is 13.3. The molecular weight excluding hydrogens is 363 g/mol. The molecule has 0 unspecified atom stereocenters. The van der Waals surface area contributed by atoms with E-state index in [0.717, 1.165) is 6.07 Å². The third kappa shape index (κ3) is 3.45. The van der Waals surface area contributed by atoms with E-state index in [0.29, 0.717) is 10.2 Å². The van der Waals surface area contributed by atoms with Crippen molar-refractivity contribution < 1.29 is 17.5 Å². The van der Waals surface area contributed by atoms with Crippen molar-refractivity contribution in [1.29, 1.82) is 0 Å². The number of nitrogens with one attached hydrogen (secondary N) is 1. The Morgan fingerprint density at radius 3 is 2.62 bits per heavy atom. The number of methoxy groups -OCH3 is 1. The van der Waals surface area contributed by atoms with Crippen LogP contribution < -0.4 is 15.2 Å². The summed E-state index contributed by atoms with van der Waals surface area (Å²) < 4.78 is 46.1. The molecule has 8 heteroatoms. The summed E-state index contributed by atoms with van der Waals surface area (Å²) in [4.78, 5) is -0.126. The molecule has 2 aromatic carbocycles. The van der Waals surface area contributed by atoms with E-state index in [1.165, 1.54) is 37.4 Å². The first kappa shape index (κ1) is 15.6. The van der Waals surface area contributed by atoms with Gasteiger partial charge in [0.15, 0.2) is 0 Å². The first-order valence-electron chi connectivity index (χ1n) is 5.75. The van der Waals surface area contributed by atoms with Crippen molar-refractivity contribution in [2.24, 2.45) is 0 Å². The van der Waals surface area contributed by atoms with Crippen molar-refractivity contribution >= 4 is 37.3 Å². The average molecular weight is 375 g/mol. The highest BCUT2D eigenvalue weighted by Gasteiger charge is 2.21. The van der Waals surface area contributed by atoms with Gasteiger partial charge in [-0.15, -0.1) is 0 Å². The highest BCUT2D eigenvalue weighted by atomic mass is 79.9. The summed E-state index contributed by atoms with van der Waals surface area (Å²) in [6.45, 7) is 0. The molecule has 3 N–H and O–H groups in total. The zero-order valence-electron chi connectivity index (χ0n) is 10.9. The molecule has 0 aromatic heterocycles. The number of anilines is 2. The Hall–Kier alpha value is -1.80. The minimum Gasteiger partial charge on any atom is -0.495 e. The number of sulfonamides is 1. The van der Waals surface area contributed by atoms with Crippen LogP contribution in [-0.2, 0) is 10.0 Å². The van der Waals surface area contributed by atoms with Gasteiger partial charge in [0, 0.05) is 16.2 Å². The Morgan fingerprint density at radius 2 is 1.95 bits per heavy atom. The summed E-state index contributed by atoms with van der Waals surface area (Å²) in [6, 6.07) is 8.06. The maximum atomic E-state index is 13.7. The third-order valence-corrected chi connectivity index (χ3v) is 4.55. The molecule has 5 nitrogen and oxygen atoms in total. The molecule has 0 saturated carbocycles. The second kappa shape index (κ2) is 5.90. The number of rotatable bonds is 4. The fraction of sp³-hybridized carbons (Fsp3) is 0.0769. The average Bonchev–Trinajstić information content (AvgIpc) is 2.42. The predicted molar refractivity (Wildman–Crippen MR) is 82.3 cm³/mol. The van der Waals surface area contributed by atoms with Gasteiger partial charge in [-0.05, 0) is 30.3 Å². The van der Waals surface area contributed by atoms with Crippen LogP contribution in [0.3, 0.4) is 0 Å². The highest BCUT2D eigenvalue weighted by Crippen LogP contribution is 2.29. The van der Waals surface area contributed by atoms with E-state index in [1.807, 2.05) is 0 Å². The molecule has 0 atom stereocenters. The van der Waals surface area contributed by atoms with E-state index < -0.39 is 15.8 Å². The normalized spacial score (nSPS) is 11.2. The molecule has 0 spiro atoms. The third-order valence-electron chi connectivity index (χ3n) is 2.65. The lowest BCUT2D eigenvalue weighted by Crippen LogP contribution is -2.15. The van der Waals surface area contributed by atoms with Gasteiger partial charge in [-0.3, -0.25) is 4.72 Å². The van der Waals surface area contributed by atoms with Crippen molar-refractivity contribution in [2.75, 3.05) is 17.6 Å². The first-order chi connectivity index (χ1) is 9.83. The molecule has 2 aromatic rings.